The van der Waals surface area contributed by atoms with E-state index in [1.165, 1.54) is 19.2 Å². The molecule has 8 heteroatoms. The minimum absolute atomic E-state index is 0.0854. The SMILES string of the molecule is CNS(=O)(=O)c1cccc(C(=O)N2CCC(c3nc4ccccc4o3)CC2)c1. The van der Waals surface area contributed by atoms with Gasteiger partial charge in [0.25, 0.3) is 5.91 Å². The van der Waals surface area contributed by atoms with Crippen LogP contribution in [0.15, 0.2) is 57.8 Å². The molecule has 0 unspecified atom stereocenters. The van der Waals surface area contributed by atoms with Crippen LogP contribution >= 0.6 is 0 Å². The first-order chi connectivity index (χ1) is 13.5. The van der Waals surface area contributed by atoms with Gasteiger partial charge in [-0.2, -0.15) is 0 Å². The van der Waals surface area contributed by atoms with Crippen molar-refractivity contribution in [2.45, 2.75) is 23.7 Å². The van der Waals surface area contributed by atoms with Gasteiger partial charge in [-0.3, -0.25) is 4.79 Å². The van der Waals surface area contributed by atoms with Gasteiger partial charge in [0, 0.05) is 24.6 Å². The molecule has 0 saturated carbocycles. The maximum absolute atomic E-state index is 12.8. The smallest absolute Gasteiger partial charge is 0.253 e. The van der Waals surface area contributed by atoms with Crippen LogP contribution in [0, 0.1) is 0 Å². The fourth-order valence-corrected chi connectivity index (χ4v) is 4.27. The number of oxazole rings is 1. The summed E-state index contributed by atoms with van der Waals surface area (Å²) >= 11 is 0. The van der Waals surface area contributed by atoms with Crippen LogP contribution in [0.3, 0.4) is 0 Å². The van der Waals surface area contributed by atoms with Crippen molar-refractivity contribution in [1.29, 1.82) is 0 Å². The molecule has 0 bridgehead atoms. The fraction of sp³-hybridized carbons (Fsp3) is 0.300. The third kappa shape index (κ3) is 3.53. The monoisotopic (exact) mass is 399 g/mol. The van der Waals surface area contributed by atoms with Crippen molar-refractivity contribution in [2.24, 2.45) is 0 Å². The minimum Gasteiger partial charge on any atom is -0.440 e. The number of hydrogen-bond acceptors (Lipinski definition) is 5. The predicted octanol–water partition coefficient (Wildman–Crippen LogP) is 2.76. The van der Waals surface area contributed by atoms with Crippen molar-refractivity contribution in [1.82, 2.24) is 14.6 Å². The molecular weight excluding hydrogens is 378 g/mol. The number of aromatic nitrogens is 1. The third-order valence-electron chi connectivity index (χ3n) is 5.10. The number of amides is 1. The number of nitrogens with one attached hydrogen (secondary N) is 1. The molecule has 0 radical (unpaired) electrons. The average Bonchev–Trinajstić information content (AvgIpc) is 3.18. The molecule has 1 aromatic heterocycles. The summed E-state index contributed by atoms with van der Waals surface area (Å²) in [7, 11) is -2.24. The highest BCUT2D eigenvalue weighted by atomic mass is 32.2. The highest BCUT2D eigenvalue weighted by Crippen LogP contribution is 2.30. The lowest BCUT2D eigenvalue weighted by molar-refractivity contribution is 0.0706. The average molecular weight is 399 g/mol. The van der Waals surface area contributed by atoms with Crippen LogP contribution in [-0.4, -0.2) is 44.3 Å². The minimum atomic E-state index is -3.58. The molecule has 0 aliphatic carbocycles. The van der Waals surface area contributed by atoms with Gasteiger partial charge in [0.2, 0.25) is 10.0 Å². The van der Waals surface area contributed by atoms with Crippen LogP contribution < -0.4 is 4.72 Å². The van der Waals surface area contributed by atoms with Crippen molar-refractivity contribution in [3.05, 3.63) is 60.0 Å². The molecule has 1 amide bonds. The Kier molecular flexibility index (Phi) is 4.91. The number of sulfonamides is 1. The quantitative estimate of drug-likeness (QED) is 0.728. The fourth-order valence-electron chi connectivity index (χ4n) is 3.49. The third-order valence-corrected chi connectivity index (χ3v) is 6.51. The Hall–Kier alpha value is -2.71. The second kappa shape index (κ2) is 7.37. The van der Waals surface area contributed by atoms with Gasteiger partial charge in [-0.25, -0.2) is 18.1 Å². The van der Waals surface area contributed by atoms with Crippen molar-refractivity contribution in [2.75, 3.05) is 20.1 Å². The Morgan fingerprint density at radius 3 is 2.61 bits per heavy atom. The second-order valence-corrected chi connectivity index (χ2v) is 8.71. The zero-order chi connectivity index (χ0) is 19.7. The zero-order valence-corrected chi connectivity index (χ0v) is 16.3. The molecule has 1 aliphatic rings. The number of hydrogen-bond donors (Lipinski definition) is 1. The van der Waals surface area contributed by atoms with E-state index in [0.717, 1.165) is 29.8 Å². The summed E-state index contributed by atoms with van der Waals surface area (Å²) in [6.45, 7) is 1.15. The molecule has 2 heterocycles. The predicted molar refractivity (Wildman–Crippen MR) is 105 cm³/mol. The molecule has 7 nitrogen and oxygen atoms in total. The number of para-hydroxylation sites is 2. The maximum atomic E-state index is 12.8. The number of carbonyl (C=O) groups excluding carboxylic acids is 1. The molecule has 1 N–H and O–H groups in total. The van der Waals surface area contributed by atoms with Crippen molar-refractivity contribution in [3.63, 3.8) is 0 Å². The molecule has 0 spiro atoms. The first kappa shape index (κ1) is 18.6. The van der Waals surface area contributed by atoms with Gasteiger partial charge in [-0.05, 0) is 50.2 Å². The summed E-state index contributed by atoms with van der Waals surface area (Å²) in [5.41, 5.74) is 1.99. The van der Waals surface area contributed by atoms with E-state index >= 15 is 0 Å². The Labute approximate surface area is 163 Å². The van der Waals surface area contributed by atoms with E-state index in [-0.39, 0.29) is 16.7 Å². The van der Waals surface area contributed by atoms with E-state index in [9.17, 15) is 13.2 Å². The summed E-state index contributed by atoms with van der Waals surface area (Å²) in [4.78, 5) is 19.2. The van der Waals surface area contributed by atoms with Gasteiger partial charge in [-0.15, -0.1) is 0 Å². The molecule has 1 fully saturated rings. The number of likely N-dealkylation sites (tertiary alicyclic amines) is 1. The Balaban J connectivity index is 1.46. The van der Waals surface area contributed by atoms with E-state index in [2.05, 4.69) is 9.71 Å². The van der Waals surface area contributed by atoms with Crippen molar-refractivity contribution < 1.29 is 17.6 Å². The van der Waals surface area contributed by atoms with Crippen LogP contribution in [0.4, 0.5) is 0 Å². The van der Waals surface area contributed by atoms with E-state index in [1.807, 2.05) is 24.3 Å². The summed E-state index contributed by atoms with van der Waals surface area (Å²) in [5.74, 6) is 0.729. The molecule has 1 aliphatic heterocycles. The number of fused-ring (bicyclic) bond motifs is 1. The standard InChI is InChI=1S/C20H21N3O4S/c1-21-28(25,26)16-6-4-5-15(13-16)20(24)23-11-9-14(10-12-23)19-22-17-7-2-3-8-18(17)27-19/h2-8,13-14,21H,9-12H2,1H3. The molecule has 4 rings (SSSR count). The largest absolute Gasteiger partial charge is 0.440 e. The Morgan fingerprint density at radius 1 is 1.14 bits per heavy atom. The Morgan fingerprint density at radius 2 is 1.89 bits per heavy atom. The van der Waals surface area contributed by atoms with Crippen molar-refractivity contribution in [3.8, 4) is 0 Å². The lowest BCUT2D eigenvalue weighted by Crippen LogP contribution is -2.38. The number of nitrogens with zero attached hydrogens (tertiary/aromatic N) is 2. The topological polar surface area (TPSA) is 92.5 Å². The van der Waals surface area contributed by atoms with E-state index in [1.54, 1.807) is 17.0 Å². The van der Waals surface area contributed by atoms with Crippen LogP contribution in [0.5, 0.6) is 0 Å². The van der Waals surface area contributed by atoms with Gasteiger partial charge in [0.15, 0.2) is 11.5 Å². The highest BCUT2D eigenvalue weighted by molar-refractivity contribution is 7.89. The normalized spacial score (nSPS) is 15.8. The van der Waals surface area contributed by atoms with Gasteiger partial charge < -0.3 is 9.32 Å². The summed E-state index contributed by atoms with van der Waals surface area (Å²) in [5, 5.41) is 0. The number of piperidine rings is 1. The van der Waals surface area contributed by atoms with E-state index in [0.29, 0.717) is 18.7 Å². The summed E-state index contributed by atoms with van der Waals surface area (Å²) < 4.78 is 32.1. The molecule has 2 aromatic carbocycles. The molecule has 0 atom stereocenters. The van der Waals surface area contributed by atoms with E-state index < -0.39 is 10.0 Å². The zero-order valence-electron chi connectivity index (χ0n) is 15.5. The van der Waals surface area contributed by atoms with Crippen LogP contribution in [0.2, 0.25) is 0 Å². The summed E-state index contributed by atoms with van der Waals surface area (Å²) in [6, 6.07) is 13.8. The highest BCUT2D eigenvalue weighted by Gasteiger charge is 2.28. The maximum Gasteiger partial charge on any atom is 0.253 e. The molecule has 146 valence electrons. The second-order valence-electron chi connectivity index (χ2n) is 6.82. The Bertz CT molecular complexity index is 1080. The van der Waals surface area contributed by atoms with Crippen LogP contribution in [0.1, 0.15) is 35.0 Å². The number of carbonyl (C=O) groups is 1. The first-order valence-corrected chi connectivity index (χ1v) is 10.6. The molecular formula is C20H21N3O4S. The lowest BCUT2D eigenvalue weighted by atomic mass is 9.96. The van der Waals surface area contributed by atoms with Gasteiger partial charge in [0.1, 0.15) is 5.52 Å². The molecule has 1 saturated heterocycles. The van der Waals surface area contributed by atoms with E-state index in [4.69, 9.17) is 4.42 Å². The van der Waals surface area contributed by atoms with Gasteiger partial charge >= 0.3 is 0 Å². The summed E-state index contributed by atoms with van der Waals surface area (Å²) in [6.07, 6.45) is 1.51. The molecule has 28 heavy (non-hydrogen) atoms. The number of benzene rings is 2. The van der Waals surface area contributed by atoms with Gasteiger partial charge in [0.05, 0.1) is 4.90 Å². The van der Waals surface area contributed by atoms with Crippen LogP contribution in [0.25, 0.3) is 11.1 Å². The number of rotatable bonds is 4. The van der Waals surface area contributed by atoms with Crippen LogP contribution in [-0.2, 0) is 10.0 Å². The lowest BCUT2D eigenvalue weighted by Gasteiger charge is -2.30. The first-order valence-electron chi connectivity index (χ1n) is 9.16. The molecule has 3 aromatic rings. The van der Waals surface area contributed by atoms with Gasteiger partial charge in [-0.1, -0.05) is 18.2 Å². The van der Waals surface area contributed by atoms with Crippen molar-refractivity contribution >= 4 is 27.0 Å².